The Bertz CT molecular complexity index is 614. The molecule has 18 heavy (non-hydrogen) atoms. The molecule has 0 spiro atoms. The maximum atomic E-state index is 6.10. The third-order valence-corrected chi connectivity index (χ3v) is 3.73. The predicted molar refractivity (Wildman–Crippen MR) is 80.5 cm³/mol. The minimum atomic E-state index is -1.26. The van der Waals surface area contributed by atoms with Gasteiger partial charge < -0.3 is 0 Å². The fourth-order valence-corrected chi connectivity index (χ4v) is 2.65. The van der Waals surface area contributed by atoms with Crippen LogP contribution in [0.3, 0.4) is 0 Å². The van der Waals surface area contributed by atoms with Crippen LogP contribution in [0.5, 0.6) is 0 Å². The highest BCUT2D eigenvalue weighted by Gasteiger charge is 2.08. The highest BCUT2D eigenvalue weighted by molar-refractivity contribution is 6.83. The summed E-state index contributed by atoms with van der Waals surface area (Å²) in [5.74, 6) is 3.26. The molecular weight excluding hydrogens is 260 g/mol. The smallest absolute Gasteiger partial charge is 0.158 e. The highest BCUT2D eigenvalue weighted by atomic mass is 35.5. The number of para-hydroxylation sites is 1. The Morgan fingerprint density at radius 1 is 1.28 bits per heavy atom. The lowest BCUT2D eigenvalue weighted by Crippen LogP contribution is -2.16. The zero-order valence-electron chi connectivity index (χ0n) is 11.0. The van der Waals surface area contributed by atoms with Gasteiger partial charge in [0.15, 0.2) is 5.15 Å². The molecule has 0 saturated carbocycles. The average Bonchev–Trinajstić information content (AvgIpc) is 2.62. The van der Waals surface area contributed by atoms with Gasteiger partial charge in [0.05, 0.1) is 12.1 Å². The van der Waals surface area contributed by atoms with Crippen molar-refractivity contribution in [1.82, 2.24) is 9.78 Å². The number of aromatic nitrogens is 2. The van der Waals surface area contributed by atoms with Crippen LogP contribution >= 0.6 is 11.6 Å². The zero-order chi connectivity index (χ0) is 13.2. The maximum absolute atomic E-state index is 6.10. The summed E-state index contributed by atoms with van der Waals surface area (Å²) in [6, 6.07) is 8.02. The molecule has 94 valence electrons. The first-order valence-corrected chi connectivity index (χ1v) is 9.96. The van der Waals surface area contributed by atoms with Crippen LogP contribution < -0.4 is 0 Å². The highest BCUT2D eigenvalue weighted by Crippen LogP contribution is 2.22. The molecule has 0 N–H and O–H groups in total. The van der Waals surface area contributed by atoms with E-state index in [-0.39, 0.29) is 0 Å². The van der Waals surface area contributed by atoms with E-state index in [1.807, 2.05) is 28.9 Å². The zero-order valence-corrected chi connectivity index (χ0v) is 12.8. The van der Waals surface area contributed by atoms with Crippen molar-refractivity contribution in [2.75, 3.05) is 0 Å². The van der Waals surface area contributed by atoms with Crippen molar-refractivity contribution < 1.29 is 0 Å². The molecule has 2 nitrogen and oxygen atoms in total. The topological polar surface area (TPSA) is 17.8 Å². The molecule has 0 aliphatic carbocycles. The van der Waals surface area contributed by atoms with Crippen LogP contribution in [0.1, 0.15) is 6.42 Å². The first kappa shape index (κ1) is 13.2. The number of halogens is 1. The standard InChI is InChI=1S/C14H17ClN2Si/c1-18(2,3)11-7-6-10-17-13-9-5-4-8-12(13)14(15)16-17/h4-5,8-9H,6,10H2,1-3H3. The molecule has 0 fully saturated rings. The van der Waals surface area contributed by atoms with Crippen LogP contribution in [-0.4, -0.2) is 17.9 Å². The summed E-state index contributed by atoms with van der Waals surface area (Å²) in [5.41, 5.74) is 4.44. The van der Waals surface area contributed by atoms with E-state index in [2.05, 4.69) is 36.2 Å². The molecule has 2 aromatic rings. The van der Waals surface area contributed by atoms with Gasteiger partial charge in [0.2, 0.25) is 0 Å². The lowest BCUT2D eigenvalue weighted by atomic mass is 10.2. The maximum Gasteiger partial charge on any atom is 0.158 e. The van der Waals surface area contributed by atoms with Gasteiger partial charge in [-0.1, -0.05) is 43.4 Å². The summed E-state index contributed by atoms with van der Waals surface area (Å²) in [7, 11) is -1.26. The normalized spacial score (nSPS) is 11.3. The number of aryl methyl sites for hydroxylation is 1. The van der Waals surface area contributed by atoms with Crippen LogP contribution in [0.25, 0.3) is 10.9 Å². The second kappa shape index (κ2) is 5.17. The Labute approximate surface area is 114 Å². The van der Waals surface area contributed by atoms with Gasteiger partial charge >= 0.3 is 0 Å². The number of fused-ring (bicyclic) bond motifs is 1. The van der Waals surface area contributed by atoms with Crippen LogP contribution in [0, 0.1) is 11.5 Å². The van der Waals surface area contributed by atoms with Crippen molar-refractivity contribution in [2.45, 2.75) is 32.6 Å². The van der Waals surface area contributed by atoms with Crippen molar-refractivity contribution in [3.05, 3.63) is 29.4 Å². The van der Waals surface area contributed by atoms with Gasteiger partial charge in [-0.05, 0) is 12.1 Å². The Balaban J connectivity index is 2.15. The van der Waals surface area contributed by atoms with E-state index in [1.54, 1.807) is 0 Å². The molecule has 0 aliphatic heterocycles. The quantitative estimate of drug-likeness (QED) is 0.600. The third-order valence-electron chi connectivity index (χ3n) is 2.52. The van der Waals surface area contributed by atoms with Gasteiger partial charge in [-0.3, -0.25) is 4.68 Å². The monoisotopic (exact) mass is 276 g/mol. The number of hydrogen-bond donors (Lipinski definition) is 0. The summed E-state index contributed by atoms with van der Waals surface area (Å²) in [6.07, 6.45) is 0.826. The van der Waals surface area contributed by atoms with E-state index in [9.17, 15) is 0 Å². The molecule has 0 amide bonds. The van der Waals surface area contributed by atoms with Crippen LogP contribution in [0.4, 0.5) is 0 Å². The minimum absolute atomic E-state index is 0.573. The van der Waals surface area contributed by atoms with Crippen molar-refractivity contribution in [3.63, 3.8) is 0 Å². The predicted octanol–water partition coefficient (Wildman–Crippen LogP) is 3.96. The van der Waals surface area contributed by atoms with Gasteiger partial charge in [-0.2, -0.15) is 5.10 Å². The second-order valence-electron chi connectivity index (χ2n) is 5.33. The largest absolute Gasteiger partial charge is 0.262 e. The first-order valence-electron chi connectivity index (χ1n) is 6.08. The third kappa shape index (κ3) is 3.15. The van der Waals surface area contributed by atoms with Crippen LogP contribution in [-0.2, 0) is 6.54 Å². The Kier molecular flexibility index (Phi) is 3.79. The molecule has 0 saturated heterocycles. The fraction of sp³-hybridized carbons (Fsp3) is 0.357. The van der Waals surface area contributed by atoms with Crippen molar-refractivity contribution in [3.8, 4) is 11.5 Å². The van der Waals surface area contributed by atoms with Gasteiger partial charge in [0.1, 0.15) is 8.07 Å². The fourth-order valence-electron chi connectivity index (χ4n) is 1.75. The van der Waals surface area contributed by atoms with Gasteiger partial charge in [-0.15, -0.1) is 11.5 Å². The number of hydrogen-bond acceptors (Lipinski definition) is 1. The summed E-state index contributed by atoms with van der Waals surface area (Å²) in [6.45, 7) is 7.55. The van der Waals surface area contributed by atoms with E-state index in [0.29, 0.717) is 5.15 Å². The SMILES string of the molecule is C[Si](C)(C)C#CCCn1nc(Cl)c2ccccc21. The molecule has 0 unspecified atom stereocenters. The molecule has 0 radical (unpaired) electrons. The molecule has 0 aliphatic rings. The van der Waals surface area contributed by atoms with E-state index in [1.165, 1.54) is 0 Å². The van der Waals surface area contributed by atoms with Gasteiger partial charge in [0, 0.05) is 11.8 Å². The second-order valence-corrected chi connectivity index (χ2v) is 10.4. The van der Waals surface area contributed by atoms with Crippen molar-refractivity contribution >= 4 is 30.6 Å². The molecule has 2 rings (SSSR count). The lowest BCUT2D eigenvalue weighted by Gasteiger charge is -2.03. The first-order chi connectivity index (χ1) is 8.47. The van der Waals surface area contributed by atoms with Gasteiger partial charge in [-0.25, -0.2) is 0 Å². The Hall–Kier alpha value is -1.24. The Morgan fingerprint density at radius 2 is 2.00 bits per heavy atom. The van der Waals surface area contributed by atoms with E-state index < -0.39 is 8.07 Å². The molecular formula is C14H17ClN2Si. The van der Waals surface area contributed by atoms with E-state index in [0.717, 1.165) is 23.9 Å². The lowest BCUT2D eigenvalue weighted by molar-refractivity contribution is 0.652. The molecule has 4 heteroatoms. The average molecular weight is 277 g/mol. The van der Waals surface area contributed by atoms with Crippen molar-refractivity contribution in [1.29, 1.82) is 0 Å². The van der Waals surface area contributed by atoms with Crippen molar-refractivity contribution in [2.24, 2.45) is 0 Å². The molecule has 0 atom stereocenters. The van der Waals surface area contributed by atoms with E-state index in [4.69, 9.17) is 11.6 Å². The number of rotatable bonds is 2. The number of benzene rings is 1. The summed E-state index contributed by atoms with van der Waals surface area (Å²) in [4.78, 5) is 0. The van der Waals surface area contributed by atoms with Crippen LogP contribution in [0.15, 0.2) is 24.3 Å². The van der Waals surface area contributed by atoms with Gasteiger partial charge in [0.25, 0.3) is 0 Å². The molecule has 0 bridgehead atoms. The molecule has 1 aromatic heterocycles. The van der Waals surface area contributed by atoms with Crippen LogP contribution in [0.2, 0.25) is 24.8 Å². The Morgan fingerprint density at radius 3 is 2.72 bits per heavy atom. The minimum Gasteiger partial charge on any atom is -0.262 e. The summed E-state index contributed by atoms with van der Waals surface area (Å²) in [5, 5.41) is 5.93. The molecule has 1 heterocycles. The number of nitrogens with zero attached hydrogens (tertiary/aromatic N) is 2. The van der Waals surface area contributed by atoms with E-state index >= 15 is 0 Å². The molecule has 1 aromatic carbocycles. The summed E-state index contributed by atoms with van der Waals surface area (Å²) < 4.78 is 1.94. The summed E-state index contributed by atoms with van der Waals surface area (Å²) >= 11 is 6.10.